The number of hydrogen-bond donors (Lipinski definition) is 1. The van der Waals surface area contributed by atoms with Crippen molar-refractivity contribution < 1.29 is 23.1 Å². The minimum atomic E-state index is -1.06. The molecule has 2 amide bonds. The summed E-state index contributed by atoms with van der Waals surface area (Å²) in [5, 5.41) is 7.62. The van der Waals surface area contributed by atoms with Gasteiger partial charge >= 0.3 is 6.09 Å². The highest BCUT2D eigenvalue weighted by molar-refractivity contribution is 5.95. The third-order valence-corrected chi connectivity index (χ3v) is 4.21. The Balaban J connectivity index is 1.58. The number of nitrogens with zero attached hydrogens (tertiary/aromatic N) is 4. The second-order valence-electron chi connectivity index (χ2n) is 6.11. The molecule has 28 heavy (non-hydrogen) atoms. The van der Waals surface area contributed by atoms with Gasteiger partial charge in [-0.05, 0) is 24.3 Å². The molecule has 1 aromatic carbocycles. The van der Waals surface area contributed by atoms with E-state index in [1.54, 1.807) is 25.1 Å². The Hall–Kier alpha value is -3.82. The van der Waals surface area contributed by atoms with Gasteiger partial charge in [0.2, 0.25) is 5.89 Å². The number of aryl methyl sites for hydroxylation is 1. The van der Waals surface area contributed by atoms with Crippen LogP contribution in [0.4, 0.5) is 14.9 Å². The van der Waals surface area contributed by atoms with Gasteiger partial charge in [0.15, 0.2) is 6.10 Å². The summed E-state index contributed by atoms with van der Waals surface area (Å²) in [4.78, 5) is 28.4. The van der Waals surface area contributed by atoms with Crippen LogP contribution in [0.2, 0.25) is 0 Å². The standard InChI is InChI=1S/C18H14FN5O4/c1-9-22-23-17(27-9)14-5-2-10(7-21-14)12-4-3-11(6-13(12)19)24-8-15(16(20)25)28-18(24)26/h2-7,15H,8H2,1H3,(H2,20,25)/t15-/m1/s1. The number of aromatic nitrogens is 3. The lowest BCUT2D eigenvalue weighted by Crippen LogP contribution is -2.32. The molecule has 4 rings (SSSR count). The first-order chi connectivity index (χ1) is 13.4. The van der Waals surface area contributed by atoms with Crippen LogP contribution in [0, 0.1) is 12.7 Å². The van der Waals surface area contributed by atoms with Gasteiger partial charge in [-0.15, -0.1) is 10.2 Å². The number of carbonyl (C=O) groups is 2. The van der Waals surface area contributed by atoms with Crippen molar-refractivity contribution in [3.8, 4) is 22.7 Å². The molecule has 3 heterocycles. The Kier molecular flexibility index (Phi) is 4.22. The van der Waals surface area contributed by atoms with Crippen molar-refractivity contribution in [1.29, 1.82) is 0 Å². The van der Waals surface area contributed by atoms with Gasteiger partial charge in [-0.3, -0.25) is 14.7 Å². The zero-order chi connectivity index (χ0) is 19.8. The number of hydrogen-bond acceptors (Lipinski definition) is 7. The van der Waals surface area contributed by atoms with Crippen LogP contribution in [-0.2, 0) is 9.53 Å². The van der Waals surface area contributed by atoms with Gasteiger partial charge in [-0.25, -0.2) is 9.18 Å². The van der Waals surface area contributed by atoms with Gasteiger partial charge in [0, 0.05) is 24.2 Å². The van der Waals surface area contributed by atoms with Crippen molar-refractivity contribution in [1.82, 2.24) is 15.2 Å². The molecule has 2 N–H and O–H groups in total. The maximum absolute atomic E-state index is 14.7. The predicted molar refractivity (Wildman–Crippen MR) is 94.5 cm³/mol. The smallest absolute Gasteiger partial charge is 0.415 e. The largest absolute Gasteiger partial charge is 0.434 e. The molecule has 0 unspecified atom stereocenters. The van der Waals surface area contributed by atoms with E-state index in [1.807, 2.05) is 0 Å². The highest BCUT2D eigenvalue weighted by atomic mass is 19.1. The number of carbonyl (C=O) groups excluding carboxylic acids is 2. The summed E-state index contributed by atoms with van der Waals surface area (Å²) >= 11 is 0. The number of cyclic esters (lactones) is 1. The molecule has 10 heteroatoms. The van der Waals surface area contributed by atoms with Crippen molar-refractivity contribution in [2.24, 2.45) is 5.73 Å². The summed E-state index contributed by atoms with van der Waals surface area (Å²) in [6.45, 7) is 1.61. The third kappa shape index (κ3) is 3.15. The number of pyridine rings is 1. The van der Waals surface area contributed by atoms with E-state index in [1.165, 1.54) is 18.3 Å². The van der Waals surface area contributed by atoms with E-state index < -0.39 is 23.9 Å². The summed E-state index contributed by atoms with van der Waals surface area (Å²) in [6.07, 6.45) is -0.322. The SMILES string of the molecule is Cc1nnc(-c2ccc(-c3ccc(N4C[C@H](C(N)=O)OC4=O)cc3F)cn2)o1. The molecule has 1 aliphatic rings. The molecule has 1 fully saturated rings. The maximum Gasteiger partial charge on any atom is 0.415 e. The summed E-state index contributed by atoms with van der Waals surface area (Å²) in [5.41, 5.74) is 6.71. The van der Waals surface area contributed by atoms with Gasteiger partial charge in [0.05, 0.1) is 12.2 Å². The highest BCUT2D eigenvalue weighted by Gasteiger charge is 2.36. The molecule has 1 saturated heterocycles. The number of rotatable bonds is 4. The van der Waals surface area contributed by atoms with Gasteiger partial charge in [-0.1, -0.05) is 6.07 Å². The van der Waals surface area contributed by atoms with Gasteiger partial charge in [0.25, 0.3) is 11.8 Å². The number of amides is 2. The lowest BCUT2D eigenvalue weighted by molar-refractivity contribution is -0.124. The molecule has 0 spiro atoms. The fraction of sp³-hybridized carbons (Fsp3) is 0.167. The summed E-state index contributed by atoms with van der Waals surface area (Å²) in [5.74, 6) is -0.621. The molecular weight excluding hydrogens is 369 g/mol. The molecular formula is C18H14FN5O4. The van der Waals surface area contributed by atoms with Crippen LogP contribution in [0.3, 0.4) is 0 Å². The molecule has 1 atom stereocenters. The monoisotopic (exact) mass is 383 g/mol. The second kappa shape index (κ2) is 6.72. The fourth-order valence-corrected chi connectivity index (χ4v) is 2.81. The maximum atomic E-state index is 14.7. The number of nitrogens with two attached hydrogens (primary N) is 1. The first kappa shape index (κ1) is 17.6. The number of halogens is 1. The van der Waals surface area contributed by atoms with E-state index >= 15 is 0 Å². The number of benzene rings is 1. The van der Waals surface area contributed by atoms with Crippen molar-refractivity contribution in [2.75, 3.05) is 11.4 Å². The van der Waals surface area contributed by atoms with E-state index in [2.05, 4.69) is 15.2 Å². The quantitative estimate of drug-likeness (QED) is 0.731. The molecule has 0 bridgehead atoms. The summed E-state index contributed by atoms with van der Waals surface area (Å²) < 4.78 is 24.8. The van der Waals surface area contributed by atoms with Crippen LogP contribution >= 0.6 is 0 Å². The van der Waals surface area contributed by atoms with Crippen LogP contribution in [0.1, 0.15) is 5.89 Å². The number of primary amides is 1. The first-order valence-corrected chi connectivity index (χ1v) is 8.26. The molecule has 2 aromatic heterocycles. The minimum absolute atomic E-state index is 0.0627. The number of anilines is 1. The van der Waals surface area contributed by atoms with E-state index in [9.17, 15) is 14.0 Å². The molecule has 142 valence electrons. The normalized spacial score (nSPS) is 16.3. The van der Waals surface area contributed by atoms with Crippen LogP contribution in [0.25, 0.3) is 22.7 Å². The topological polar surface area (TPSA) is 124 Å². The van der Waals surface area contributed by atoms with Crippen molar-refractivity contribution in [3.63, 3.8) is 0 Å². The molecule has 3 aromatic rings. The Morgan fingerprint density at radius 1 is 1.29 bits per heavy atom. The predicted octanol–water partition coefficient (Wildman–Crippen LogP) is 2.06. The van der Waals surface area contributed by atoms with Crippen molar-refractivity contribution in [2.45, 2.75) is 13.0 Å². The van der Waals surface area contributed by atoms with Gasteiger partial charge in [-0.2, -0.15) is 0 Å². The molecule has 0 saturated carbocycles. The average Bonchev–Trinajstić information content (AvgIpc) is 3.28. The molecule has 9 nitrogen and oxygen atoms in total. The second-order valence-corrected chi connectivity index (χ2v) is 6.11. The Morgan fingerprint density at radius 2 is 2.11 bits per heavy atom. The van der Waals surface area contributed by atoms with Gasteiger partial charge in [0.1, 0.15) is 11.5 Å². The average molecular weight is 383 g/mol. The minimum Gasteiger partial charge on any atom is -0.434 e. The molecule has 0 aliphatic carbocycles. The lowest BCUT2D eigenvalue weighted by atomic mass is 10.1. The van der Waals surface area contributed by atoms with Crippen LogP contribution < -0.4 is 10.6 Å². The van der Waals surface area contributed by atoms with Crippen LogP contribution in [-0.4, -0.2) is 39.8 Å². The zero-order valence-electron chi connectivity index (χ0n) is 14.6. The molecule has 1 aliphatic heterocycles. The van der Waals surface area contributed by atoms with E-state index in [4.69, 9.17) is 14.9 Å². The highest BCUT2D eigenvalue weighted by Crippen LogP contribution is 2.29. The van der Waals surface area contributed by atoms with Crippen LogP contribution in [0.5, 0.6) is 0 Å². The molecule has 0 radical (unpaired) electrons. The Labute approximate surface area is 157 Å². The van der Waals surface area contributed by atoms with E-state index in [0.717, 1.165) is 4.90 Å². The lowest BCUT2D eigenvalue weighted by Gasteiger charge is -2.14. The summed E-state index contributed by atoms with van der Waals surface area (Å²) in [7, 11) is 0. The first-order valence-electron chi connectivity index (χ1n) is 8.26. The zero-order valence-corrected chi connectivity index (χ0v) is 14.6. The third-order valence-electron chi connectivity index (χ3n) is 4.21. The summed E-state index contributed by atoms with van der Waals surface area (Å²) in [6, 6.07) is 7.58. The Bertz CT molecular complexity index is 1070. The van der Waals surface area contributed by atoms with Crippen molar-refractivity contribution in [3.05, 3.63) is 48.2 Å². The van der Waals surface area contributed by atoms with Crippen molar-refractivity contribution >= 4 is 17.7 Å². The van der Waals surface area contributed by atoms with E-state index in [0.29, 0.717) is 22.7 Å². The van der Waals surface area contributed by atoms with E-state index in [-0.39, 0.29) is 18.1 Å². The fourth-order valence-electron chi connectivity index (χ4n) is 2.81. The van der Waals surface area contributed by atoms with Gasteiger partial charge < -0.3 is 14.9 Å². The number of ether oxygens (including phenoxy) is 1. The van der Waals surface area contributed by atoms with Crippen LogP contribution in [0.15, 0.2) is 40.9 Å². The Morgan fingerprint density at radius 3 is 2.68 bits per heavy atom.